The lowest BCUT2D eigenvalue weighted by Crippen LogP contribution is -2.27. The molecule has 1 heterocycles. The topological polar surface area (TPSA) is 71.2 Å². The Hall–Kier alpha value is -2.18. The molecule has 1 amide bonds. The molecule has 0 bridgehead atoms. The van der Waals surface area contributed by atoms with E-state index in [1.807, 2.05) is 6.07 Å². The average molecular weight is 309 g/mol. The van der Waals surface area contributed by atoms with E-state index >= 15 is 0 Å². The number of nitrogens with zero attached hydrogens (tertiary/aromatic N) is 2. The Morgan fingerprint density at radius 2 is 2.24 bits per heavy atom. The third kappa shape index (κ3) is 3.48. The molecule has 5 nitrogen and oxygen atoms in total. The number of nitrogens with two attached hydrogens (primary N) is 1. The summed E-state index contributed by atoms with van der Waals surface area (Å²) in [7, 11) is 1.58. The van der Waals surface area contributed by atoms with E-state index in [4.69, 9.17) is 17.4 Å². The van der Waals surface area contributed by atoms with Crippen molar-refractivity contribution in [2.75, 3.05) is 12.5 Å². The Labute approximate surface area is 126 Å². The van der Waals surface area contributed by atoms with Gasteiger partial charge in [-0.2, -0.15) is 0 Å². The second-order valence-electron chi connectivity index (χ2n) is 4.46. The first-order valence-electron chi connectivity index (χ1n) is 6.14. The number of carbonyl (C=O) groups is 1. The molecule has 3 N–H and O–H groups in total. The van der Waals surface area contributed by atoms with Crippen molar-refractivity contribution in [1.29, 1.82) is 0 Å². The standard InChI is InChI=1S/C14H14ClFN4O/c1-20(8-9-3-2-4-10(15)7-9)14(21)11-5-6-18-13(19-17)12(11)16/h2-7H,8,17H2,1H3,(H,18,19). The van der Waals surface area contributed by atoms with Crippen LogP contribution in [0.15, 0.2) is 36.5 Å². The molecule has 21 heavy (non-hydrogen) atoms. The van der Waals surface area contributed by atoms with Gasteiger partial charge in [-0.3, -0.25) is 4.79 Å². The average Bonchev–Trinajstić information content (AvgIpc) is 2.47. The summed E-state index contributed by atoms with van der Waals surface area (Å²) in [5, 5.41) is 0.582. The van der Waals surface area contributed by atoms with E-state index < -0.39 is 11.7 Å². The molecule has 0 atom stereocenters. The number of rotatable bonds is 4. The van der Waals surface area contributed by atoms with Crippen LogP contribution in [0.5, 0.6) is 0 Å². The molecule has 2 aromatic rings. The predicted molar refractivity (Wildman–Crippen MR) is 79.3 cm³/mol. The van der Waals surface area contributed by atoms with E-state index in [2.05, 4.69) is 10.4 Å². The fourth-order valence-corrected chi connectivity index (χ4v) is 2.11. The van der Waals surface area contributed by atoms with E-state index in [9.17, 15) is 9.18 Å². The van der Waals surface area contributed by atoms with Crippen LogP contribution < -0.4 is 11.3 Å². The molecular formula is C14H14ClFN4O. The molecule has 0 saturated heterocycles. The normalized spacial score (nSPS) is 10.3. The molecule has 7 heteroatoms. The number of aromatic nitrogens is 1. The number of amides is 1. The van der Waals surface area contributed by atoms with Crippen molar-refractivity contribution in [3.8, 4) is 0 Å². The van der Waals surface area contributed by atoms with Crippen molar-refractivity contribution in [3.05, 3.63) is 58.5 Å². The van der Waals surface area contributed by atoms with Crippen LogP contribution in [0.1, 0.15) is 15.9 Å². The number of carbonyl (C=O) groups excluding carboxylic acids is 1. The predicted octanol–water partition coefficient (Wildman–Crippen LogP) is 2.43. The van der Waals surface area contributed by atoms with Gasteiger partial charge in [-0.15, -0.1) is 0 Å². The maximum atomic E-state index is 14.0. The zero-order chi connectivity index (χ0) is 15.4. The SMILES string of the molecule is CN(Cc1cccc(Cl)c1)C(=O)c1ccnc(NN)c1F. The molecule has 2 rings (SSSR count). The Kier molecular flexibility index (Phi) is 4.72. The lowest BCUT2D eigenvalue weighted by atomic mass is 10.2. The fraction of sp³-hybridized carbons (Fsp3) is 0.143. The van der Waals surface area contributed by atoms with Gasteiger partial charge in [0.15, 0.2) is 11.6 Å². The Morgan fingerprint density at radius 1 is 1.48 bits per heavy atom. The highest BCUT2D eigenvalue weighted by Gasteiger charge is 2.19. The number of hydrogen-bond donors (Lipinski definition) is 2. The molecule has 0 aliphatic rings. The smallest absolute Gasteiger partial charge is 0.257 e. The summed E-state index contributed by atoms with van der Waals surface area (Å²) in [4.78, 5) is 17.4. The number of anilines is 1. The summed E-state index contributed by atoms with van der Waals surface area (Å²) in [5.74, 6) is 3.73. The molecule has 0 aliphatic heterocycles. The molecular weight excluding hydrogens is 295 g/mol. The van der Waals surface area contributed by atoms with Gasteiger partial charge >= 0.3 is 0 Å². The van der Waals surface area contributed by atoms with Gasteiger partial charge in [0.1, 0.15) is 0 Å². The van der Waals surface area contributed by atoms with Crippen LogP contribution in [0, 0.1) is 5.82 Å². The maximum Gasteiger partial charge on any atom is 0.257 e. The zero-order valence-corrected chi connectivity index (χ0v) is 12.1. The van der Waals surface area contributed by atoms with Crippen LogP contribution in [-0.4, -0.2) is 22.8 Å². The van der Waals surface area contributed by atoms with E-state index in [0.29, 0.717) is 11.6 Å². The molecule has 0 unspecified atom stereocenters. The second kappa shape index (κ2) is 6.51. The van der Waals surface area contributed by atoms with Gasteiger partial charge in [0.25, 0.3) is 5.91 Å². The molecule has 110 valence electrons. The minimum absolute atomic E-state index is 0.0949. The Morgan fingerprint density at radius 3 is 2.90 bits per heavy atom. The van der Waals surface area contributed by atoms with E-state index in [1.165, 1.54) is 17.2 Å². The monoisotopic (exact) mass is 308 g/mol. The van der Waals surface area contributed by atoms with Crippen LogP contribution >= 0.6 is 11.6 Å². The zero-order valence-electron chi connectivity index (χ0n) is 11.3. The van der Waals surface area contributed by atoms with E-state index in [-0.39, 0.29) is 11.4 Å². The van der Waals surface area contributed by atoms with Gasteiger partial charge in [0, 0.05) is 24.8 Å². The molecule has 0 spiro atoms. The first-order valence-corrected chi connectivity index (χ1v) is 6.51. The van der Waals surface area contributed by atoms with Crippen molar-refractivity contribution in [2.45, 2.75) is 6.54 Å². The number of nitrogen functional groups attached to an aromatic ring is 1. The first-order chi connectivity index (χ1) is 10.0. The highest BCUT2D eigenvalue weighted by atomic mass is 35.5. The number of hydrogen-bond acceptors (Lipinski definition) is 4. The summed E-state index contributed by atoms with van der Waals surface area (Å²) in [6.07, 6.45) is 1.32. The highest BCUT2D eigenvalue weighted by molar-refractivity contribution is 6.30. The number of benzene rings is 1. The Balaban J connectivity index is 2.20. The van der Waals surface area contributed by atoms with Crippen LogP contribution in [0.2, 0.25) is 5.02 Å². The second-order valence-corrected chi connectivity index (χ2v) is 4.89. The van der Waals surface area contributed by atoms with Crippen molar-refractivity contribution < 1.29 is 9.18 Å². The summed E-state index contributed by atoms with van der Waals surface area (Å²) >= 11 is 5.90. The Bertz CT molecular complexity index is 665. The van der Waals surface area contributed by atoms with E-state index in [0.717, 1.165) is 5.56 Å². The van der Waals surface area contributed by atoms with Crippen LogP contribution in [0.3, 0.4) is 0 Å². The van der Waals surface area contributed by atoms with Crippen molar-refractivity contribution in [1.82, 2.24) is 9.88 Å². The third-order valence-corrected chi connectivity index (χ3v) is 3.15. The van der Waals surface area contributed by atoms with Gasteiger partial charge in [0.2, 0.25) is 0 Å². The van der Waals surface area contributed by atoms with Gasteiger partial charge < -0.3 is 10.3 Å². The molecule has 0 saturated carbocycles. The van der Waals surface area contributed by atoms with Crippen molar-refractivity contribution in [2.24, 2.45) is 5.84 Å². The lowest BCUT2D eigenvalue weighted by molar-refractivity contribution is 0.0780. The molecule has 0 aliphatic carbocycles. The van der Waals surface area contributed by atoms with Crippen LogP contribution in [0.25, 0.3) is 0 Å². The number of nitrogens with one attached hydrogen (secondary N) is 1. The van der Waals surface area contributed by atoms with Gasteiger partial charge in [-0.25, -0.2) is 15.2 Å². The van der Waals surface area contributed by atoms with Gasteiger partial charge in [-0.1, -0.05) is 23.7 Å². The highest BCUT2D eigenvalue weighted by Crippen LogP contribution is 2.17. The molecule has 0 fully saturated rings. The van der Waals surface area contributed by atoms with Gasteiger partial charge in [0.05, 0.1) is 5.56 Å². The van der Waals surface area contributed by atoms with Crippen molar-refractivity contribution in [3.63, 3.8) is 0 Å². The summed E-state index contributed by atoms with van der Waals surface area (Å²) in [5.41, 5.74) is 2.87. The minimum Gasteiger partial charge on any atom is -0.337 e. The largest absolute Gasteiger partial charge is 0.337 e. The van der Waals surface area contributed by atoms with Crippen molar-refractivity contribution >= 4 is 23.3 Å². The quantitative estimate of drug-likeness (QED) is 0.672. The minimum atomic E-state index is -0.775. The molecule has 1 aromatic carbocycles. The van der Waals surface area contributed by atoms with Crippen LogP contribution in [0.4, 0.5) is 10.2 Å². The lowest BCUT2D eigenvalue weighted by Gasteiger charge is -2.18. The number of hydrazine groups is 1. The maximum absolute atomic E-state index is 14.0. The van der Waals surface area contributed by atoms with E-state index in [1.54, 1.807) is 25.2 Å². The third-order valence-electron chi connectivity index (χ3n) is 2.91. The molecule has 1 aromatic heterocycles. The summed E-state index contributed by atoms with van der Waals surface area (Å²) in [6, 6.07) is 8.44. The fourth-order valence-electron chi connectivity index (χ4n) is 1.90. The first kappa shape index (κ1) is 15.2. The summed E-state index contributed by atoms with van der Waals surface area (Å²) in [6.45, 7) is 0.312. The summed E-state index contributed by atoms with van der Waals surface area (Å²) < 4.78 is 14.0. The molecule has 0 radical (unpaired) electrons. The van der Waals surface area contributed by atoms with Gasteiger partial charge in [-0.05, 0) is 23.8 Å². The number of pyridine rings is 1. The van der Waals surface area contributed by atoms with Crippen LogP contribution in [-0.2, 0) is 6.54 Å². The number of halogens is 2.